The molecule has 1 amide bonds. The van der Waals surface area contributed by atoms with Crippen LogP contribution in [0.3, 0.4) is 0 Å². The van der Waals surface area contributed by atoms with E-state index in [1.807, 2.05) is 0 Å². The second-order valence-corrected chi connectivity index (χ2v) is 5.60. The number of halogens is 2. The summed E-state index contributed by atoms with van der Waals surface area (Å²) in [5.74, 6) is -0.706. The standard InChI is InChI=1S/C17H11F2N3O4/c18-17(19)25-13-6-5-9(7-14(13)26-17)20-15(23)8-12-10-3-1-2-4-11(10)16(24)22-21-12/h1-7H,8H2,(H,20,23)(H,22,24). The largest absolute Gasteiger partial charge is 0.586 e. The summed E-state index contributed by atoms with van der Waals surface area (Å²) in [6.07, 6.45) is -3.83. The number of carbonyl (C=O) groups excluding carboxylic acids is 1. The van der Waals surface area contributed by atoms with Crippen LogP contribution in [0, 0.1) is 0 Å². The average Bonchev–Trinajstić information content (AvgIpc) is 2.91. The summed E-state index contributed by atoms with van der Waals surface area (Å²) >= 11 is 0. The van der Waals surface area contributed by atoms with Crippen LogP contribution in [0.15, 0.2) is 47.3 Å². The number of nitrogens with one attached hydrogen (secondary N) is 2. The zero-order chi connectivity index (χ0) is 18.3. The van der Waals surface area contributed by atoms with Crippen LogP contribution in [-0.4, -0.2) is 22.4 Å². The van der Waals surface area contributed by atoms with Crippen LogP contribution < -0.4 is 20.3 Å². The van der Waals surface area contributed by atoms with Crippen LogP contribution in [-0.2, 0) is 11.2 Å². The third-order valence-electron chi connectivity index (χ3n) is 3.79. The van der Waals surface area contributed by atoms with Crippen molar-refractivity contribution in [3.05, 3.63) is 58.5 Å². The molecule has 0 saturated heterocycles. The number of ether oxygens (including phenoxy) is 2. The fourth-order valence-electron chi connectivity index (χ4n) is 2.69. The van der Waals surface area contributed by atoms with Gasteiger partial charge < -0.3 is 14.8 Å². The van der Waals surface area contributed by atoms with Crippen molar-refractivity contribution in [3.63, 3.8) is 0 Å². The van der Waals surface area contributed by atoms with Crippen LogP contribution in [0.2, 0.25) is 0 Å². The van der Waals surface area contributed by atoms with E-state index in [0.717, 1.165) is 0 Å². The molecule has 132 valence electrons. The Morgan fingerprint density at radius 3 is 2.65 bits per heavy atom. The number of aromatic amines is 1. The van der Waals surface area contributed by atoms with E-state index >= 15 is 0 Å². The molecule has 1 aromatic heterocycles. The van der Waals surface area contributed by atoms with E-state index in [4.69, 9.17) is 0 Å². The Morgan fingerprint density at radius 2 is 1.85 bits per heavy atom. The Bertz CT molecular complexity index is 1080. The molecule has 1 aliphatic rings. The number of hydrogen-bond donors (Lipinski definition) is 2. The lowest BCUT2D eigenvalue weighted by molar-refractivity contribution is -0.286. The zero-order valence-corrected chi connectivity index (χ0v) is 13.1. The number of alkyl halides is 2. The predicted molar refractivity (Wildman–Crippen MR) is 87.3 cm³/mol. The first-order valence-corrected chi connectivity index (χ1v) is 7.57. The Balaban J connectivity index is 1.54. The molecule has 0 saturated carbocycles. The second-order valence-electron chi connectivity index (χ2n) is 5.60. The van der Waals surface area contributed by atoms with Gasteiger partial charge in [-0.05, 0) is 18.2 Å². The maximum absolute atomic E-state index is 13.0. The normalized spacial score (nSPS) is 14.4. The van der Waals surface area contributed by atoms with Crippen LogP contribution in [0.4, 0.5) is 14.5 Å². The minimum Gasteiger partial charge on any atom is -0.395 e. The highest BCUT2D eigenvalue weighted by Gasteiger charge is 2.43. The molecule has 2 N–H and O–H groups in total. The van der Waals surface area contributed by atoms with E-state index in [0.29, 0.717) is 16.5 Å². The van der Waals surface area contributed by atoms with Gasteiger partial charge in [-0.2, -0.15) is 5.10 Å². The molecule has 0 radical (unpaired) electrons. The molecule has 4 rings (SSSR count). The van der Waals surface area contributed by atoms with Crippen molar-refractivity contribution < 1.29 is 23.0 Å². The van der Waals surface area contributed by atoms with Gasteiger partial charge >= 0.3 is 6.29 Å². The van der Waals surface area contributed by atoms with Crippen molar-refractivity contribution in [2.75, 3.05) is 5.32 Å². The fourth-order valence-corrected chi connectivity index (χ4v) is 2.69. The van der Waals surface area contributed by atoms with Gasteiger partial charge in [-0.3, -0.25) is 9.59 Å². The van der Waals surface area contributed by atoms with E-state index < -0.39 is 12.2 Å². The van der Waals surface area contributed by atoms with Crippen LogP contribution in [0.1, 0.15) is 5.69 Å². The lowest BCUT2D eigenvalue weighted by Crippen LogP contribution is -2.25. The van der Waals surface area contributed by atoms with Gasteiger partial charge in [0.2, 0.25) is 5.91 Å². The summed E-state index contributed by atoms with van der Waals surface area (Å²) < 4.78 is 34.7. The summed E-state index contributed by atoms with van der Waals surface area (Å²) in [5.41, 5.74) is 0.315. The molecule has 0 unspecified atom stereocenters. The number of hydrogen-bond acceptors (Lipinski definition) is 5. The van der Waals surface area contributed by atoms with Gasteiger partial charge in [0.15, 0.2) is 11.5 Å². The molecule has 2 aromatic carbocycles. The van der Waals surface area contributed by atoms with E-state index in [-0.39, 0.29) is 29.2 Å². The minimum absolute atomic E-state index is 0.109. The number of rotatable bonds is 3. The maximum atomic E-state index is 13.0. The van der Waals surface area contributed by atoms with Crippen LogP contribution >= 0.6 is 0 Å². The monoisotopic (exact) mass is 359 g/mol. The number of aromatic nitrogens is 2. The molecule has 0 atom stereocenters. The topological polar surface area (TPSA) is 93.3 Å². The molecule has 0 bridgehead atoms. The van der Waals surface area contributed by atoms with E-state index in [1.54, 1.807) is 24.3 Å². The van der Waals surface area contributed by atoms with Crippen molar-refractivity contribution in [3.8, 4) is 11.5 Å². The Hall–Kier alpha value is -3.49. The first-order valence-electron chi connectivity index (χ1n) is 7.57. The Labute approximate surface area is 144 Å². The van der Waals surface area contributed by atoms with E-state index in [2.05, 4.69) is 25.0 Å². The number of amides is 1. The zero-order valence-electron chi connectivity index (χ0n) is 13.1. The first-order chi connectivity index (χ1) is 12.4. The molecule has 2 heterocycles. The third-order valence-corrected chi connectivity index (χ3v) is 3.79. The van der Waals surface area contributed by atoms with Gasteiger partial charge in [0.05, 0.1) is 17.5 Å². The predicted octanol–water partition coefficient (Wildman–Crippen LogP) is 2.43. The van der Waals surface area contributed by atoms with Crippen LogP contribution in [0.5, 0.6) is 11.5 Å². The highest BCUT2D eigenvalue weighted by atomic mass is 19.3. The summed E-state index contributed by atoms with van der Waals surface area (Å²) in [6.45, 7) is 0. The molecule has 1 aliphatic heterocycles. The van der Waals surface area contributed by atoms with E-state index in [9.17, 15) is 18.4 Å². The second kappa shape index (κ2) is 5.80. The molecular formula is C17H11F2N3O4. The SMILES string of the molecule is O=C(Cc1n[nH]c(=O)c2ccccc12)Nc1ccc2c(c1)OC(F)(F)O2. The highest BCUT2D eigenvalue weighted by Crippen LogP contribution is 2.42. The quantitative estimate of drug-likeness (QED) is 0.749. The molecule has 26 heavy (non-hydrogen) atoms. The molecule has 0 aliphatic carbocycles. The molecule has 9 heteroatoms. The van der Waals surface area contributed by atoms with Gasteiger partial charge in [-0.25, -0.2) is 5.10 Å². The Morgan fingerprint density at radius 1 is 1.12 bits per heavy atom. The van der Waals surface area contributed by atoms with Gasteiger partial charge in [0, 0.05) is 17.1 Å². The number of carbonyl (C=O) groups is 1. The van der Waals surface area contributed by atoms with Gasteiger partial charge in [-0.1, -0.05) is 18.2 Å². The van der Waals surface area contributed by atoms with Crippen molar-refractivity contribution in [1.82, 2.24) is 10.2 Å². The lowest BCUT2D eigenvalue weighted by Gasteiger charge is -2.07. The highest BCUT2D eigenvalue weighted by molar-refractivity contribution is 5.95. The van der Waals surface area contributed by atoms with Crippen molar-refractivity contribution in [2.24, 2.45) is 0 Å². The molecule has 3 aromatic rings. The fraction of sp³-hybridized carbons (Fsp3) is 0.118. The maximum Gasteiger partial charge on any atom is 0.586 e. The summed E-state index contributed by atoms with van der Waals surface area (Å²) in [4.78, 5) is 24.0. The minimum atomic E-state index is -3.72. The van der Waals surface area contributed by atoms with Crippen LogP contribution in [0.25, 0.3) is 10.8 Å². The average molecular weight is 359 g/mol. The van der Waals surface area contributed by atoms with Crippen molar-refractivity contribution in [1.29, 1.82) is 0 Å². The van der Waals surface area contributed by atoms with Crippen molar-refractivity contribution >= 4 is 22.4 Å². The number of benzene rings is 2. The number of H-pyrrole nitrogens is 1. The van der Waals surface area contributed by atoms with E-state index in [1.165, 1.54) is 18.2 Å². The lowest BCUT2D eigenvalue weighted by atomic mass is 10.1. The molecular weight excluding hydrogens is 348 g/mol. The number of fused-ring (bicyclic) bond motifs is 2. The molecule has 0 spiro atoms. The first kappa shape index (κ1) is 16.0. The number of nitrogens with zero attached hydrogens (tertiary/aromatic N) is 1. The van der Waals surface area contributed by atoms with Gasteiger partial charge in [-0.15, -0.1) is 8.78 Å². The van der Waals surface area contributed by atoms with Gasteiger partial charge in [0.25, 0.3) is 5.56 Å². The van der Waals surface area contributed by atoms with Crippen molar-refractivity contribution in [2.45, 2.75) is 12.7 Å². The summed E-state index contributed by atoms with van der Waals surface area (Å²) in [6, 6.07) is 10.7. The van der Waals surface area contributed by atoms with Gasteiger partial charge in [0.1, 0.15) is 0 Å². The smallest absolute Gasteiger partial charge is 0.395 e. The Kier molecular flexibility index (Phi) is 3.57. The summed E-state index contributed by atoms with van der Waals surface area (Å²) in [7, 11) is 0. The molecule has 7 nitrogen and oxygen atoms in total. The third kappa shape index (κ3) is 2.94. The summed E-state index contributed by atoms with van der Waals surface area (Å²) in [5, 5.41) is 9.84. The molecule has 0 fully saturated rings. The number of anilines is 1.